The van der Waals surface area contributed by atoms with Crippen LogP contribution in [0.25, 0.3) is 0 Å². The van der Waals surface area contributed by atoms with Crippen molar-refractivity contribution in [3.05, 3.63) is 131 Å². The van der Waals surface area contributed by atoms with E-state index < -0.39 is 17.8 Å². The van der Waals surface area contributed by atoms with Gasteiger partial charge in [0.2, 0.25) is 5.91 Å². The lowest BCUT2D eigenvalue weighted by atomic mass is 10.0. The molecular weight excluding hydrogens is 564 g/mol. The Hall–Kier alpha value is -4.76. The number of amides is 2. The number of nitrogens with zero attached hydrogens (tertiary/aromatic N) is 2. The van der Waals surface area contributed by atoms with Crippen LogP contribution in [0.3, 0.4) is 0 Å². The fourth-order valence-electron chi connectivity index (χ4n) is 5.28. The Balaban J connectivity index is 1.36. The molecule has 1 atom stereocenters. The zero-order valence-corrected chi connectivity index (χ0v) is 24.5. The number of benzene rings is 4. The molecule has 0 aliphatic carbocycles. The summed E-state index contributed by atoms with van der Waals surface area (Å²) < 4.78 is 38.7. The first-order valence-electron chi connectivity index (χ1n) is 14.5. The number of halogens is 2. The average Bonchev–Trinajstić information content (AvgIpc) is 3.45. The van der Waals surface area contributed by atoms with E-state index in [9.17, 15) is 18.4 Å². The van der Waals surface area contributed by atoms with Crippen molar-refractivity contribution in [3.8, 4) is 5.75 Å². The topological polar surface area (TPSA) is 71.1 Å². The highest BCUT2D eigenvalue weighted by Crippen LogP contribution is 2.28. The summed E-state index contributed by atoms with van der Waals surface area (Å²) >= 11 is 0. The minimum Gasteiger partial charge on any atom is -0.497 e. The number of fused-ring (bicyclic) bond motifs is 1. The highest BCUT2D eigenvalue weighted by Gasteiger charge is 2.28. The largest absolute Gasteiger partial charge is 0.497 e. The molecule has 0 fully saturated rings. The molecule has 1 aliphatic heterocycles. The molecule has 5 rings (SSSR count). The minimum absolute atomic E-state index is 0.00715. The molecule has 4 aromatic carbocycles. The SMILES string of the molecule is COc1cccc(C(=O)N[C@H](Cc2ccc(F)cc2)C(=O)N(CCN2CCc3cc(F)ccc32)COCc2ccccc2)c1. The molecule has 1 N–H and O–H groups in total. The van der Waals surface area contributed by atoms with Crippen molar-refractivity contribution in [2.24, 2.45) is 0 Å². The van der Waals surface area contributed by atoms with Gasteiger partial charge in [0.1, 0.15) is 30.2 Å². The maximum atomic E-state index is 14.2. The van der Waals surface area contributed by atoms with Gasteiger partial charge in [0.05, 0.1) is 13.7 Å². The monoisotopic (exact) mass is 599 g/mol. The molecule has 9 heteroatoms. The van der Waals surface area contributed by atoms with Crippen LogP contribution in [0.2, 0.25) is 0 Å². The Kier molecular flexibility index (Phi) is 10.2. The summed E-state index contributed by atoms with van der Waals surface area (Å²) in [7, 11) is 1.51. The third kappa shape index (κ3) is 7.99. The Morgan fingerprint density at radius 1 is 0.909 bits per heavy atom. The van der Waals surface area contributed by atoms with Gasteiger partial charge in [0.25, 0.3) is 5.91 Å². The second-order valence-electron chi connectivity index (χ2n) is 10.7. The van der Waals surface area contributed by atoms with E-state index in [4.69, 9.17) is 9.47 Å². The van der Waals surface area contributed by atoms with Gasteiger partial charge in [-0.25, -0.2) is 8.78 Å². The van der Waals surface area contributed by atoms with E-state index in [0.717, 1.165) is 23.2 Å². The standard InChI is InChI=1S/C35H35F2N3O4/c1-43-31-9-5-8-28(22-31)34(41)38-32(20-25-10-12-29(36)13-11-25)35(42)40(24-44-23-26-6-3-2-4-7-26)19-18-39-17-16-27-21-30(37)14-15-33(27)39/h2-15,21-22,32H,16-20,23-24H2,1H3,(H,38,41)/t32-/m1/s1. The summed E-state index contributed by atoms with van der Waals surface area (Å²) in [5.41, 5.74) is 3.87. The van der Waals surface area contributed by atoms with E-state index in [-0.39, 0.29) is 24.9 Å². The molecule has 1 aliphatic rings. The van der Waals surface area contributed by atoms with Crippen LogP contribution in [0.4, 0.5) is 14.5 Å². The smallest absolute Gasteiger partial charge is 0.252 e. The van der Waals surface area contributed by atoms with Gasteiger partial charge in [-0.2, -0.15) is 0 Å². The van der Waals surface area contributed by atoms with E-state index in [1.807, 2.05) is 30.3 Å². The predicted molar refractivity (Wildman–Crippen MR) is 164 cm³/mol. The van der Waals surface area contributed by atoms with Crippen LogP contribution in [0.15, 0.2) is 97.1 Å². The summed E-state index contributed by atoms with van der Waals surface area (Å²) in [6.45, 7) is 1.80. The number of rotatable bonds is 13. The summed E-state index contributed by atoms with van der Waals surface area (Å²) in [5.74, 6) is -0.922. The summed E-state index contributed by atoms with van der Waals surface area (Å²) in [5, 5.41) is 2.90. The number of ether oxygens (including phenoxy) is 2. The highest BCUT2D eigenvalue weighted by molar-refractivity contribution is 5.98. The van der Waals surface area contributed by atoms with E-state index in [2.05, 4.69) is 10.2 Å². The van der Waals surface area contributed by atoms with Gasteiger partial charge in [-0.15, -0.1) is 0 Å². The number of nitrogens with one attached hydrogen (secondary N) is 1. The van der Waals surface area contributed by atoms with Crippen LogP contribution in [0.1, 0.15) is 27.0 Å². The van der Waals surface area contributed by atoms with E-state index in [1.165, 1.54) is 25.3 Å². The molecule has 7 nitrogen and oxygen atoms in total. The lowest BCUT2D eigenvalue weighted by Gasteiger charge is -2.30. The van der Waals surface area contributed by atoms with Crippen molar-refractivity contribution in [2.45, 2.75) is 25.5 Å². The molecule has 0 unspecified atom stereocenters. The van der Waals surface area contributed by atoms with E-state index in [1.54, 1.807) is 53.4 Å². The normalized spacial score (nSPS) is 12.8. The third-order valence-corrected chi connectivity index (χ3v) is 7.63. The van der Waals surface area contributed by atoms with Crippen LogP contribution in [-0.2, 0) is 29.0 Å². The second kappa shape index (κ2) is 14.6. The summed E-state index contributed by atoms with van der Waals surface area (Å²) in [6, 6.07) is 26.0. The highest BCUT2D eigenvalue weighted by atomic mass is 19.1. The molecule has 4 aromatic rings. The van der Waals surface area contributed by atoms with Crippen molar-refractivity contribution in [3.63, 3.8) is 0 Å². The maximum Gasteiger partial charge on any atom is 0.252 e. The average molecular weight is 600 g/mol. The molecular formula is C35H35F2N3O4. The number of carbonyl (C=O) groups is 2. The van der Waals surface area contributed by atoms with Gasteiger partial charge in [-0.05, 0) is 71.6 Å². The van der Waals surface area contributed by atoms with E-state index in [0.29, 0.717) is 43.1 Å². The number of carbonyl (C=O) groups excluding carboxylic acids is 2. The number of hydrogen-bond acceptors (Lipinski definition) is 5. The number of hydrogen-bond donors (Lipinski definition) is 1. The van der Waals surface area contributed by atoms with Gasteiger partial charge in [-0.3, -0.25) is 9.59 Å². The Bertz CT molecular complexity index is 1570. The molecule has 0 radical (unpaired) electrons. The lowest BCUT2D eigenvalue weighted by molar-refractivity contribution is -0.139. The van der Waals surface area contributed by atoms with Gasteiger partial charge in [-0.1, -0.05) is 48.5 Å². The molecule has 0 bridgehead atoms. The fourth-order valence-corrected chi connectivity index (χ4v) is 5.28. The molecule has 44 heavy (non-hydrogen) atoms. The summed E-state index contributed by atoms with van der Waals surface area (Å²) in [4.78, 5) is 31.3. The van der Waals surface area contributed by atoms with Crippen LogP contribution in [-0.4, -0.2) is 56.2 Å². The Labute approximate surface area is 256 Å². The molecule has 0 aromatic heterocycles. The zero-order valence-electron chi connectivity index (χ0n) is 24.5. The first kappa shape index (κ1) is 30.7. The van der Waals surface area contributed by atoms with Gasteiger partial charge in [0, 0.05) is 37.3 Å². The van der Waals surface area contributed by atoms with Crippen LogP contribution in [0, 0.1) is 11.6 Å². The fraction of sp³-hybridized carbons (Fsp3) is 0.257. The second-order valence-corrected chi connectivity index (χ2v) is 10.7. The van der Waals surface area contributed by atoms with Crippen molar-refractivity contribution in [2.75, 3.05) is 38.4 Å². The predicted octanol–water partition coefficient (Wildman–Crippen LogP) is 5.38. The quantitative estimate of drug-likeness (QED) is 0.209. The first-order chi connectivity index (χ1) is 21.4. The Morgan fingerprint density at radius 3 is 2.45 bits per heavy atom. The molecule has 1 heterocycles. The van der Waals surface area contributed by atoms with Gasteiger partial charge < -0.3 is 24.6 Å². The number of methoxy groups -OCH3 is 1. The van der Waals surface area contributed by atoms with Crippen molar-refractivity contribution in [1.82, 2.24) is 10.2 Å². The van der Waals surface area contributed by atoms with Crippen molar-refractivity contribution < 1.29 is 27.8 Å². The third-order valence-electron chi connectivity index (χ3n) is 7.63. The van der Waals surface area contributed by atoms with Gasteiger partial charge in [0.15, 0.2) is 0 Å². The van der Waals surface area contributed by atoms with Crippen molar-refractivity contribution in [1.29, 1.82) is 0 Å². The Morgan fingerprint density at radius 2 is 1.68 bits per heavy atom. The molecule has 2 amide bonds. The number of anilines is 1. The minimum atomic E-state index is -0.959. The summed E-state index contributed by atoms with van der Waals surface area (Å²) in [6.07, 6.45) is 0.866. The molecule has 0 saturated carbocycles. The lowest BCUT2D eigenvalue weighted by Crippen LogP contribution is -2.51. The van der Waals surface area contributed by atoms with Gasteiger partial charge >= 0.3 is 0 Å². The van der Waals surface area contributed by atoms with Crippen molar-refractivity contribution >= 4 is 17.5 Å². The first-order valence-corrected chi connectivity index (χ1v) is 14.5. The molecule has 0 spiro atoms. The molecule has 228 valence electrons. The van der Waals surface area contributed by atoms with Crippen LogP contribution in [0.5, 0.6) is 5.75 Å². The molecule has 0 saturated heterocycles. The zero-order chi connectivity index (χ0) is 30.9. The van der Waals surface area contributed by atoms with Crippen LogP contribution < -0.4 is 15.0 Å². The maximum absolute atomic E-state index is 14.2. The van der Waals surface area contributed by atoms with Crippen LogP contribution >= 0.6 is 0 Å². The van der Waals surface area contributed by atoms with E-state index >= 15 is 0 Å².